The van der Waals surface area contributed by atoms with Gasteiger partial charge in [-0.25, -0.2) is 0 Å². The van der Waals surface area contributed by atoms with Crippen LogP contribution in [0.2, 0.25) is 0 Å². The van der Waals surface area contributed by atoms with Gasteiger partial charge in [0, 0.05) is 31.5 Å². The number of piperazine rings is 1. The molecule has 0 saturated carbocycles. The number of nitrogens with zero attached hydrogens (tertiary/aromatic N) is 1. The largest absolute Gasteiger partial charge is 0.314 e. The summed E-state index contributed by atoms with van der Waals surface area (Å²) in [7, 11) is 1.12. The van der Waals surface area contributed by atoms with Crippen LogP contribution in [-0.2, 0) is 0 Å². The average Bonchev–Trinajstić information content (AvgIpc) is 2.64. The van der Waals surface area contributed by atoms with Crippen LogP contribution in [0.1, 0.15) is 26.7 Å². The van der Waals surface area contributed by atoms with E-state index in [0.29, 0.717) is 0 Å². The minimum Gasteiger partial charge on any atom is -0.314 e. The standard InChI is InChI=1S/C8H17N2P.C2H6/c1-11-8-3-2-7-6-9-4-5-10(7)8;1-2/h7-9,11H,2-6H2,1H3;1-2H3. The second kappa shape index (κ2) is 5.95. The molecule has 1 N–H and O–H groups in total. The lowest BCUT2D eigenvalue weighted by Gasteiger charge is -2.33. The first-order valence-corrected chi connectivity index (χ1v) is 7.13. The normalized spacial score (nSPS) is 34.4. The van der Waals surface area contributed by atoms with Crippen LogP contribution in [0.15, 0.2) is 0 Å². The molecule has 0 bridgehead atoms. The van der Waals surface area contributed by atoms with Crippen molar-refractivity contribution in [2.45, 2.75) is 38.5 Å². The first kappa shape index (κ1) is 11.4. The van der Waals surface area contributed by atoms with Crippen molar-refractivity contribution in [2.24, 2.45) is 0 Å². The Morgan fingerprint density at radius 3 is 2.77 bits per heavy atom. The molecule has 3 unspecified atom stereocenters. The predicted octanol–water partition coefficient (Wildman–Crippen LogP) is 1.71. The van der Waals surface area contributed by atoms with Gasteiger partial charge < -0.3 is 5.32 Å². The van der Waals surface area contributed by atoms with Crippen LogP contribution in [0.4, 0.5) is 0 Å². The summed E-state index contributed by atoms with van der Waals surface area (Å²) in [5, 5.41) is 3.46. The summed E-state index contributed by atoms with van der Waals surface area (Å²) in [5.41, 5.74) is 0. The lowest BCUT2D eigenvalue weighted by Crippen LogP contribution is -2.49. The van der Waals surface area contributed by atoms with E-state index in [0.717, 1.165) is 20.4 Å². The summed E-state index contributed by atoms with van der Waals surface area (Å²) in [6.45, 7) is 10.1. The third-order valence-electron chi connectivity index (χ3n) is 2.90. The van der Waals surface area contributed by atoms with Gasteiger partial charge in [-0.15, -0.1) is 8.58 Å². The minimum atomic E-state index is 0.876. The van der Waals surface area contributed by atoms with Crippen LogP contribution in [0.3, 0.4) is 0 Å². The summed E-state index contributed by atoms with van der Waals surface area (Å²) >= 11 is 0. The van der Waals surface area contributed by atoms with Crippen molar-refractivity contribution < 1.29 is 0 Å². The van der Waals surface area contributed by atoms with Crippen LogP contribution in [-0.4, -0.2) is 43.0 Å². The molecule has 2 saturated heterocycles. The maximum Gasteiger partial charge on any atom is 0.0270 e. The quantitative estimate of drug-likeness (QED) is 0.651. The van der Waals surface area contributed by atoms with Crippen LogP contribution in [0.5, 0.6) is 0 Å². The van der Waals surface area contributed by atoms with Crippen LogP contribution < -0.4 is 5.32 Å². The first-order chi connectivity index (χ1) is 6.42. The van der Waals surface area contributed by atoms with Gasteiger partial charge in [0.1, 0.15) is 0 Å². The van der Waals surface area contributed by atoms with Gasteiger partial charge in [-0.1, -0.05) is 13.8 Å². The Morgan fingerprint density at radius 1 is 1.31 bits per heavy atom. The molecule has 2 aliphatic rings. The molecule has 0 aromatic carbocycles. The maximum atomic E-state index is 3.46. The van der Waals surface area contributed by atoms with Crippen LogP contribution in [0.25, 0.3) is 0 Å². The summed E-state index contributed by atoms with van der Waals surface area (Å²) in [6.07, 6.45) is 2.87. The number of nitrogens with one attached hydrogen (secondary N) is 1. The highest BCUT2D eigenvalue weighted by Gasteiger charge is 2.33. The maximum absolute atomic E-state index is 3.46. The molecule has 0 spiro atoms. The van der Waals surface area contributed by atoms with E-state index in [1.807, 2.05) is 13.8 Å². The highest BCUT2D eigenvalue weighted by molar-refractivity contribution is 7.37. The van der Waals surface area contributed by atoms with E-state index in [4.69, 9.17) is 0 Å². The lowest BCUT2D eigenvalue weighted by atomic mass is 10.2. The van der Waals surface area contributed by atoms with E-state index in [2.05, 4.69) is 16.9 Å². The Labute approximate surface area is 84.2 Å². The predicted molar refractivity (Wildman–Crippen MR) is 62.0 cm³/mol. The van der Waals surface area contributed by atoms with Gasteiger partial charge in [-0.05, 0) is 19.5 Å². The zero-order valence-electron chi connectivity index (χ0n) is 9.14. The average molecular weight is 202 g/mol. The molecule has 0 aromatic heterocycles. The van der Waals surface area contributed by atoms with E-state index < -0.39 is 0 Å². The van der Waals surface area contributed by atoms with E-state index >= 15 is 0 Å². The Bertz CT molecular complexity index is 135. The van der Waals surface area contributed by atoms with Gasteiger partial charge in [0.2, 0.25) is 0 Å². The Balaban J connectivity index is 0.000000396. The van der Waals surface area contributed by atoms with Gasteiger partial charge in [0.15, 0.2) is 0 Å². The molecule has 78 valence electrons. The number of fused-ring (bicyclic) bond motifs is 1. The Morgan fingerprint density at radius 2 is 2.08 bits per heavy atom. The summed E-state index contributed by atoms with van der Waals surface area (Å²) < 4.78 is 0. The van der Waals surface area contributed by atoms with E-state index in [1.165, 1.54) is 32.5 Å². The Hall–Kier alpha value is 0.350. The molecule has 0 radical (unpaired) electrons. The fourth-order valence-electron chi connectivity index (χ4n) is 2.28. The summed E-state index contributed by atoms with van der Waals surface area (Å²) in [4.78, 5) is 2.72. The second-order valence-corrected chi connectivity index (χ2v) is 4.72. The molecular weight excluding hydrogens is 179 g/mol. The molecule has 3 heteroatoms. The van der Waals surface area contributed by atoms with Gasteiger partial charge in [0.05, 0.1) is 0 Å². The lowest BCUT2D eigenvalue weighted by molar-refractivity contribution is 0.198. The van der Waals surface area contributed by atoms with Crippen molar-refractivity contribution in [2.75, 3.05) is 26.3 Å². The first-order valence-electron chi connectivity index (χ1n) is 5.55. The van der Waals surface area contributed by atoms with Crippen molar-refractivity contribution in [3.63, 3.8) is 0 Å². The fourth-order valence-corrected chi connectivity index (χ4v) is 3.41. The monoisotopic (exact) mass is 202 g/mol. The van der Waals surface area contributed by atoms with Crippen LogP contribution in [0, 0.1) is 0 Å². The Kier molecular flexibility index (Phi) is 5.23. The molecule has 2 heterocycles. The molecule has 3 atom stereocenters. The van der Waals surface area contributed by atoms with Gasteiger partial charge in [0.25, 0.3) is 0 Å². The van der Waals surface area contributed by atoms with Crippen molar-refractivity contribution in [1.29, 1.82) is 0 Å². The van der Waals surface area contributed by atoms with E-state index in [-0.39, 0.29) is 0 Å². The summed E-state index contributed by atoms with van der Waals surface area (Å²) in [5.74, 6) is 0.932. The molecule has 0 amide bonds. The number of rotatable bonds is 1. The summed E-state index contributed by atoms with van der Waals surface area (Å²) in [6, 6.07) is 0.876. The van der Waals surface area contributed by atoms with Gasteiger partial charge in [-0.2, -0.15) is 0 Å². The smallest absolute Gasteiger partial charge is 0.0270 e. The number of hydrogen-bond acceptors (Lipinski definition) is 2. The van der Waals surface area contributed by atoms with Crippen molar-refractivity contribution in [3.05, 3.63) is 0 Å². The van der Waals surface area contributed by atoms with E-state index in [9.17, 15) is 0 Å². The van der Waals surface area contributed by atoms with Gasteiger partial charge in [-0.3, -0.25) is 4.90 Å². The fraction of sp³-hybridized carbons (Fsp3) is 1.00. The second-order valence-electron chi connectivity index (χ2n) is 3.48. The molecule has 0 aliphatic carbocycles. The van der Waals surface area contributed by atoms with Gasteiger partial charge >= 0.3 is 0 Å². The zero-order chi connectivity index (χ0) is 9.68. The highest BCUT2D eigenvalue weighted by Crippen LogP contribution is 2.33. The number of hydrogen-bond donors (Lipinski definition) is 1. The van der Waals surface area contributed by atoms with Crippen molar-refractivity contribution in [1.82, 2.24) is 10.2 Å². The third kappa shape index (κ3) is 2.65. The molecule has 0 aromatic rings. The molecule has 2 aliphatic heterocycles. The van der Waals surface area contributed by atoms with Crippen molar-refractivity contribution in [3.8, 4) is 0 Å². The van der Waals surface area contributed by atoms with Crippen molar-refractivity contribution >= 4 is 8.58 Å². The third-order valence-corrected chi connectivity index (χ3v) is 4.19. The molecule has 2 fully saturated rings. The zero-order valence-corrected chi connectivity index (χ0v) is 10.1. The minimum absolute atomic E-state index is 0.876. The highest BCUT2D eigenvalue weighted by atomic mass is 31.1. The van der Waals surface area contributed by atoms with E-state index in [1.54, 1.807) is 0 Å². The SMILES string of the molecule is CC.CPC1CCC2CNCCN21. The van der Waals surface area contributed by atoms with Crippen LogP contribution >= 0.6 is 8.58 Å². The molecular formula is C10H23N2P. The molecule has 2 nitrogen and oxygen atoms in total. The molecule has 13 heavy (non-hydrogen) atoms. The molecule has 2 rings (SSSR count). The topological polar surface area (TPSA) is 15.3 Å².